The van der Waals surface area contributed by atoms with Crippen LogP contribution in [0, 0.1) is 6.92 Å². The van der Waals surface area contributed by atoms with E-state index in [0.717, 1.165) is 35.8 Å². The highest BCUT2D eigenvalue weighted by Gasteiger charge is 2.30. The Morgan fingerprint density at radius 3 is 2.57 bits per heavy atom. The summed E-state index contributed by atoms with van der Waals surface area (Å²) in [6.07, 6.45) is 6.27. The summed E-state index contributed by atoms with van der Waals surface area (Å²) < 4.78 is 28.6. The second-order valence-electron chi connectivity index (χ2n) is 7.12. The zero-order valence-corrected chi connectivity index (χ0v) is 17.0. The number of nitrogens with zero attached hydrogens (tertiary/aromatic N) is 1. The van der Waals surface area contributed by atoms with Gasteiger partial charge in [-0.3, -0.25) is 9.78 Å². The molecule has 148 valence electrons. The zero-order valence-electron chi connectivity index (χ0n) is 16.2. The molecule has 1 aromatic heterocycles. The van der Waals surface area contributed by atoms with Crippen LogP contribution in [0.4, 0.5) is 0 Å². The Bertz CT molecular complexity index is 997. The average molecular weight is 401 g/mol. The number of sulfone groups is 1. The van der Waals surface area contributed by atoms with E-state index in [0.29, 0.717) is 23.0 Å². The summed E-state index contributed by atoms with van der Waals surface area (Å²) in [4.78, 5) is 17.3. The summed E-state index contributed by atoms with van der Waals surface area (Å²) in [5.41, 5.74) is 2.15. The van der Waals surface area contributed by atoms with E-state index in [1.54, 1.807) is 13.1 Å². The molecule has 1 aliphatic carbocycles. The van der Waals surface area contributed by atoms with Gasteiger partial charge in [0.1, 0.15) is 17.1 Å². The number of ether oxygens (including phenoxy) is 1. The number of rotatable bonds is 7. The SMILES string of the molecule is Cc1c(C2CC2)ncc(C(=O)NC(C)C=CS(C)(=O)=O)c1Oc1ccccc1. The summed E-state index contributed by atoms with van der Waals surface area (Å²) in [7, 11) is -3.25. The van der Waals surface area contributed by atoms with E-state index in [2.05, 4.69) is 10.3 Å². The summed E-state index contributed by atoms with van der Waals surface area (Å²) in [6, 6.07) is 8.82. The Labute approximate surface area is 165 Å². The van der Waals surface area contributed by atoms with Gasteiger partial charge in [0.05, 0.1) is 5.69 Å². The van der Waals surface area contributed by atoms with Crippen molar-refractivity contribution in [2.75, 3.05) is 6.26 Å². The summed E-state index contributed by atoms with van der Waals surface area (Å²) in [5, 5.41) is 3.86. The Morgan fingerprint density at radius 2 is 1.96 bits per heavy atom. The Morgan fingerprint density at radius 1 is 1.29 bits per heavy atom. The lowest BCUT2D eigenvalue weighted by Gasteiger charge is -2.17. The normalized spacial score (nSPS) is 15.4. The fraction of sp³-hybridized carbons (Fsp3) is 0.333. The Kier molecular flexibility index (Phi) is 5.84. The van der Waals surface area contributed by atoms with Gasteiger partial charge in [-0.15, -0.1) is 0 Å². The third-order valence-electron chi connectivity index (χ3n) is 4.45. The molecule has 1 heterocycles. The highest BCUT2D eigenvalue weighted by molar-refractivity contribution is 7.93. The van der Waals surface area contributed by atoms with Crippen LogP contribution in [0.2, 0.25) is 0 Å². The van der Waals surface area contributed by atoms with E-state index in [9.17, 15) is 13.2 Å². The monoisotopic (exact) mass is 400 g/mol. The third-order valence-corrected chi connectivity index (χ3v) is 5.10. The van der Waals surface area contributed by atoms with Crippen LogP contribution in [0.5, 0.6) is 11.5 Å². The van der Waals surface area contributed by atoms with Gasteiger partial charge in [0, 0.05) is 35.4 Å². The quantitative estimate of drug-likeness (QED) is 0.765. The predicted octanol–water partition coefficient (Wildman–Crippen LogP) is 3.74. The van der Waals surface area contributed by atoms with Crippen LogP contribution >= 0.6 is 0 Å². The van der Waals surface area contributed by atoms with Gasteiger partial charge in [-0.05, 0) is 38.8 Å². The van der Waals surface area contributed by atoms with E-state index in [1.165, 1.54) is 6.08 Å². The number of pyridine rings is 1. The van der Waals surface area contributed by atoms with Crippen LogP contribution in [-0.4, -0.2) is 31.6 Å². The largest absolute Gasteiger partial charge is 0.456 e. The molecule has 28 heavy (non-hydrogen) atoms. The van der Waals surface area contributed by atoms with E-state index >= 15 is 0 Å². The molecule has 1 amide bonds. The summed E-state index contributed by atoms with van der Waals surface area (Å²) in [6.45, 7) is 3.62. The summed E-state index contributed by atoms with van der Waals surface area (Å²) in [5.74, 6) is 1.18. The lowest BCUT2D eigenvalue weighted by molar-refractivity contribution is 0.0944. The summed E-state index contributed by atoms with van der Waals surface area (Å²) >= 11 is 0. The van der Waals surface area contributed by atoms with Gasteiger partial charge in [-0.25, -0.2) is 8.42 Å². The molecule has 0 spiro atoms. The van der Waals surface area contributed by atoms with E-state index in [1.807, 2.05) is 37.3 Å². The molecule has 3 rings (SSSR count). The topological polar surface area (TPSA) is 85.4 Å². The zero-order chi connectivity index (χ0) is 20.3. The molecule has 1 N–H and O–H groups in total. The standard InChI is InChI=1S/C21H24N2O4S/c1-14(11-12-28(3,25)26)23-21(24)18-13-22-19(16-9-10-16)15(2)20(18)27-17-7-5-4-6-8-17/h4-8,11-14,16H,9-10H2,1-3H3,(H,23,24). The second-order valence-corrected chi connectivity index (χ2v) is 9.05. The molecular formula is C21H24N2O4S. The minimum absolute atomic E-state index is 0.324. The van der Waals surface area contributed by atoms with Gasteiger partial charge in [0.2, 0.25) is 0 Å². The smallest absolute Gasteiger partial charge is 0.257 e. The van der Waals surface area contributed by atoms with Crippen molar-refractivity contribution < 1.29 is 17.9 Å². The van der Waals surface area contributed by atoms with Crippen LogP contribution in [-0.2, 0) is 9.84 Å². The van der Waals surface area contributed by atoms with Crippen LogP contribution in [0.3, 0.4) is 0 Å². The molecule has 2 aromatic rings. The number of carbonyl (C=O) groups excluding carboxylic acids is 1. The van der Waals surface area contributed by atoms with Crippen molar-refractivity contribution in [3.63, 3.8) is 0 Å². The van der Waals surface area contributed by atoms with E-state index < -0.39 is 15.9 Å². The maximum atomic E-state index is 12.8. The lowest BCUT2D eigenvalue weighted by Crippen LogP contribution is -2.31. The van der Waals surface area contributed by atoms with Gasteiger partial charge >= 0.3 is 0 Å². The molecule has 0 bridgehead atoms. The number of aromatic nitrogens is 1. The van der Waals surface area contributed by atoms with Gasteiger partial charge in [0.25, 0.3) is 5.91 Å². The van der Waals surface area contributed by atoms with Crippen molar-refractivity contribution in [1.29, 1.82) is 0 Å². The molecule has 1 unspecified atom stereocenters. The van der Waals surface area contributed by atoms with Crippen molar-refractivity contribution >= 4 is 15.7 Å². The molecule has 0 aliphatic heterocycles. The van der Waals surface area contributed by atoms with Crippen LogP contribution in [0.1, 0.15) is 47.3 Å². The molecule has 0 saturated heterocycles. The average Bonchev–Trinajstić information content (AvgIpc) is 3.47. The first kappa shape index (κ1) is 20.1. The van der Waals surface area contributed by atoms with Crippen molar-refractivity contribution in [3.05, 3.63) is 64.8 Å². The molecule has 1 aliphatic rings. The van der Waals surface area contributed by atoms with Crippen molar-refractivity contribution in [2.24, 2.45) is 0 Å². The van der Waals surface area contributed by atoms with Crippen LogP contribution in [0.25, 0.3) is 0 Å². The number of hydrogen-bond acceptors (Lipinski definition) is 5. The number of amides is 1. The fourth-order valence-electron chi connectivity index (χ4n) is 2.87. The van der Waals surface area contributed by atoms with Gasteiger partial charge in [-0.1, -0.05) is 24.3 Å². The highest BCUT2D eigenvalue weighted by atomic mass is 32.2. The van der Waals surface area contributed by atoms with Crippen molar-refractivity contribution in [3.8, 4) is 11.5 Å². The Balaban J connectivity index is 1.89. The minimum atomic E-state index is -3.25. The highest BCUT2D eigenvalue weighted by Crippen LogP contribution is 2.43. The number of carbonyl (C=O) groups is 1. The minimum Gasteiger partial charge on any atom is -0.456 e. The first-order valence-electron chi connectivity index (χ1n) is 9.16. The molecular weight excluding hydrogens is 376 g/mol. The molecule has 1 atom stereocenters. The lowest BCUT2D eigenvalue weighted by atomic mass is 10.1. The van der Waals surface area contributed by atoms with E-state index in [-0.39, 0.29) is 5.91 Å². The van der Waals surface area contributed by atoms with Gasteiger partial charge < -0.3 is 10.1 Å². The van der Waals surface area contributed by atoms with Gasteiger partial charge in [-0.2, -0.15) is 0 Å². The number of hydrogen-bond donors (Lipinski definition) is 1. The van der Waals surface area contributed by atoms with Crippen molar-refractivity contribution in [1.82, 2.24) is 10.3 Å². The third kappa shape index (κ3) is 5.19. The predicted molar refractivity (Wildman–Crippen MR) is 108 cm³/mol. The Hall–Kier alpha value is -2.67. The van der Waals surface area contributed by atoms with Crippen LogP contribution < -0.4 is 10.1 Å². The number of para-hydroxylation sites is 1. The molecule has 1 fully saturated rings. The van der Waals surface area contributed by atoms with Crippen molar-refractivity contribution in [2.45, 2.75) is 38.6 Å². The second kappa shape index (κ2) is 8.14. The maximum Gasteiger partial charge on any atom is 0.257 e. The van der Waals surface area contributed by atoms with Gasteiger partial charge in [0.15, 0.2) is 9.84 Å². The number of nitrogens with one attached hydrogen (secondary N) is 1. The van der Waals surface area contributed by atoms with Crippen LogP contribution in [0.15, 0.2) is 48.0 Å². The maximum absolute atomic E-state index is 12.8. The molecule has 0 radical (unpaired) electrons. The molecule has 1 aromatic carbocycles. The molecule has 1 saturated carbocycles. The molecule has 7 heteroatoms. The number of benzene rings is 1. The first-order chi connectivity index (χ1) is 13.2. The fourth-order valence-corrected chi connectivity index (χ4v) is 3.39. The van der Waals surface area contributed by atoms with E-state index in [4.69, 9.17) is 4.74 Å². The molecule has 6 nitrogen and oxygen atoms in total. The first-order valence-corrected chi connectivity index (χ1v) is 11.1.